The molecule has 0 saturated carbocycles. The summed E-state index contributed by atoms with van der Waals surface area (Å²) < 4.78 is 24.7. The Morgan fingerprint density at radius 2 is 1.80 bits per heavy atom. The van der Waals surface area contributed by atoms with Gasteiger partial charge < -0.3 is 19.7 Å². The van der Waals surface area contributed by atoms with Crippen molar-refractivity contribution in [2.45, 2.75) is 25.8 Å². The zero-order valence-corrected chi connectivity index (χ0v) is 19.5. The molecule has 1 N–H and O–H groups in total. The first-order valence-corrected chi connectivity index (χ1v) is 11.7. The molecule has 2 atom stereocenters. The number of nitrogens with one attached hydrogen (secondary N) is 1. The summed E-state index contributed by atoms with van der Waals surface area (Å²) in [5.41, 5.74) is 2.98. The van der Waals surface area contributed by atoms with Crippen molar-refractivity contribution >= 4 is 11.8 Å². The van der Waals surface area contributed by atoms with Crippen molar-refractivity contribution in [2.24, 2.45) is 5.92 Å². The molecule has 3 aromatic rings. The van der Waals surface area contributed by atoms with Gasteiger partial charge in [0, 0.05) is 31.1 Å². The smallest absolute Gasteiger partial charge is 0.253 e. The van der Waals surface area contributed by atoms with Crippen LogP contribution in [0.4, 0.5) is 4.39 Å². The SMILES string of the molecule is Cc1cc([C@H]2C[C@H](C(=O)NCc3ccc4c(c3)OCO4)CN(C(=O)c3ccccc3)C2)ccc1F. The van der Waals surface area contributed by atoms with Crippen LogP contribution >= 0.6 is 0 Å². The van der Waals surface area contributed by atoms with Crippen LogP contribution in [-0.4, -0.2) is 36.6 Å². The quantitative estimate of drug-likeness (QED) is 0.594. The second kappa shape index (κ2) is 9.78. The van der Waals surface area contributed by atoms with Crippen molar-refractivity contribution in [3.63, 3.8) is 0 Å². The zero-order valence-electron chi connectivity index (χ0n) is 19.5. The van der Waals surface area contributed by atoms with Crippen LogP contribution in [0.5, 0.6) is 11.5 Å². The van der Waals surface area contributed by atoms with Crippen LogP contribution in [0.2, 0.25) is 0 Å². The van der Waals surface area contributed by atoms with E-state index in [4.69, 9.17) is 9.47 Å². The minimum Gasteiger partial charge on any atom is -0.454 e. The van der Waals surface area contributed by atoms with E-state index in [9.17, 15) is 14.0 Å². The minimum atomic E-state index is -0.388. The molecule has 1 fully saturated rings. The molecular formula is C28H27FN2O4. The van der Waals surface area contributed by atoms with Gasteiger partial charge in [-0.05, 0) is 60.4 Å². The standard InChI is InChI=1S/C28H27FN2O4/c1-18-11-21(8-9-24(18)29)22-13-23(16-31(15-22)28(33)20-5-3-2-4-6-20)27(32)30-14-19-7-10-25-26(12-19)35-17-34-25/h2-12,22-23H,13-17H2,1H3,(H,30,32)/t22-,23-/m0/s1. The van der Waals surface area contributed by atoms with Gasteiger partial charge in [0.2, 0.25) is 12.7 Å². The second-order valence-electron chi connectivity index (χ2n) is 9.12. The third-order valence-corrected chi connectivity index (χ3v) is 6.69. The molecule has 0 unspecified atom stereocenters. The topological polar surface area (TPSA) is 67.9 Å². The Balaban J connectivity index is 1.34. The average molecular weight is 475 g/mol. The molecule has 2 aliphatic rings. The fourth-order valence-electron chi connectivity index (χ4n) is 4.77. The first kappa shape index (κ1) is 22.9. The van der Waals surface area contributed by atoms with Gasteiger partial charge in [-0.2, -0.15) is 0 Å². The summed E-state index contributed by atoms with van der Waals surface area (Å²) in [7, 11) is 0. The van der Waals surface area contributed by atoms with Crippen LogP contribution < -0.4 is 14.8 Å². The highest BCUT2D eigenvalue weighted by Crippen LogP contribution is 2.34. The van der Waals surface area contributed by atoms with Crippen LogP contribution in [0, 0.1) is 18.7 Å². The highest BCUT2D eigenvalue weighted by molar-refractivity contribution is 5.94. The summed E-state index contributed by atoms with van der Waals surface area (Å²) in [6.45, 7) is 3.08. The van der Waals surface area contributed by atoms with E-state index in [2.05, 4.69) is 5.32 Å². The van der Waals surface area contributed by atoms with Gasteiger partial charge in [-0.15, -0.1) is 0 Å². The fraction of sp³-hybridized carbons (Fsp3) is 0.286. The molecule has 7 heteroatoms. The van der Waals surface area contributed by atoms with Crippen LogP contribution in [0.25, 0.3) is 0 Å². The number of amides is 2. The van der Waals surface area contributed by atoms with Gasteiger partial charge in [-0.1, -0.05) is 36.4 Å². The molecule has 2 aliphatic heterocycles. The molecule has 180 valence electrons. The van der Waals surface area contributed by atoms with Gasteiger partial charge >= 0.3 is 0 Å². The lowest BCUT2D eigenvalue weighted by Crippen LogP contribution is -2.48. The van der Waals surface area contributed by atoms with Gasteiger partial charge in [-0.25, -0.2) is 4.39 Å². The Labute approximate surface area is 203 Å². The van der Waals surface area contributed by atoms with Gasteiger partial charge in [0.05, 0.1) is 5.92 Å². The van der Waals surface area contributed by atoms with Crippen molar-refractivity contribution in [1.29, 1.82) is 0 Å². The highest BCUT2D eigenvalue weighted by Gasteiger charge is 2.35. The van der Waals surface area contributed by atoms with Crippen molar-refractivity contribution in [3.8, 4) is 11.5 Å². The first-order valence-electron chi connectivity index (χ1n) is 11.7. The molecule has 0 aliphatic carbocycles. The van der Waals surface area contributed by atoms with Crippen molar-refractivity contribution in [2.75, 3.05) is 19.9 Å². The Kier molecular flexibility index (Phi) is 6.40. The van der Waals surface area contributed by atoms with E-state index in [0.29, 0.717) is 48.7 Å². The molecule has 5 rings (SSSR count). The molecule has 6 nitrogen and oxygen atoms in total. The summed E-state index contributed by atoms with van der Waals surface area (Å²) >= 11 is 0. The lowest BCUT2D eigenvalue weighted by molar-refractivity contribution is -0.126. The molecule has 1 saturated heterocycles. The van der Waals surface area contributed by atoms with Gasteiger partial charge in [-0.3, -0.25) is 9.59 Å². The lowest BCUT2D eigenvalue weighted by Gasteiger charge is -2.37. The maximum atomic E-state index is 13.9. The number of carbonyl (C=O) groups is 2. The van der Waals surface area contributed by atoms with Crippen LogP contribution in [0.15, 0.2) is 66.7 Å². The number of benzene rings is 3. The number of halogens is 1. The lowest BCUT2D eigenvalue weighted by atomic mass is 9.83. The number of piperidine rings is 1. The Morgan fingerprint density at radius 3 is 2.60 bits per heavy atom. The molecule has 0 bridgehead atoms. The number of hydrogen-bond acceptors (Lipinski definition) is 4. The second-order valence-corrected chi connectivity index (χ2v) is 9.12. The maximum Gasteiger partial charge on any atom is 0.253 e. The molecule has 2 amide bonds. The third kappa shape index (κ3) is 4.99. The van der Waals surface area contributed by atoms with Crippen molar-refractivity contribution in [1.82, 2.24) is 10.2 Å². The largest absolute Gasteiger partial charge is 0.454 e. The number of aryl methyl sites for hydroxylation is 1. The van der Waals surface area contributed by atoms with E-state index in [1.165, 1.54) is 6.07 Å². The molecule has 0 spiro atoms. The number of likely N-dealkylation sites (tertiary alicyclic amines) is 1. The number of carbonyl (C=O) groups excluding carboxylic acids is 2. The zero-order chi connectivity index (χ0) is 24.4. The van der Waals surface area contributed by atoms with E-state index in [1.54, 1.807) is 30.0 Å². The number of nitrogens with zero attached hydrogens (tertiary/aromatic N) is 1. The normalized spacial score (nSPS) is 18.9. The number of hydrogen-bond donors (Lipinski definition) is 1. The van der Waals surface area contributed by atoms with E-state index >= 15 is 0 Å². The van der Waals surface area contributed by atoms with Gasteiger partial charge in [0.1, 0.15) is 5.82 Å². The molecule has 35 heavy (non-hydrogen) atoms. The number of ether oxygens (including phenoxy) is 2. The van der Waals surface area contributed by atoms with E-state index in [1.807, 2.05) is 42.5 Å². The van der Waals surface area contributed by atoms with E-state index in [0.717, 1.165) is 11.1 Å². The number of fused-ring (bicyclic) bond motifs is 1. The summed E-state index contributed by atoms with van der Waals surface area (Å²) in [5, 5.41) is 3.02. The van der Waals surface area contributed by atoms with Crippen molar-refractivity contribution < 1.29 is 23.5 Å². The van der Waals surface area contributed by atoms with E-state index < -0.39 is 0 Å². The summed E-state index contributed by atoms with van der Waals surface area (Å²) in [6, 6.07) is 19.7. The van der Waals surface area contributed by atoms with Crippen LogP contribution in [0.1, 0.15) is 39.4 Å². The fourth-order valence-corrected chi connectivity index (χ4v) is 4.77. The molecule has 2 heterocycles. The van der Waals surface area contributed by atoms with Gasteiger partial charge in [0.15, 0.2) is 11.5 Å². The third-order valence-electron chi connectivity index (χ3n) is 6.69. The monoisotopic (exact) mass is 474 g/mol. The Hall–Kier alpha value is -3.87. The Bertz CT molecular complexity index is 1250. The van der Waals surface area contributed by atoms with Gasteiger partial charge in [0.25, 0.3) is 5.91 Å². The number of rotatable bonds is 5. The summed E-state index contributed by atoms with van der Waals surface area (Å²) in [6.07, 6.45) is 0.580. The summed E-state index contributed by atoms with van der Waals surface area (Å²) in [4.78, 5) is 28.2. The Morgan fingerprint density at radius 1 is 1.00 bits per heavy atom. The average Bonchev–Trinajstić information content (AvgIpc) is 3.36. The van der Waals surface area contributed by atoms with Crippen LogP contribution in [0.3, 0.4) is 0 Å². The molecule has 0 radical (unpaired) electrons. The minimum absolute atomic E-state index is 0.0722. The first-order chi connectivity index (χ1) is 17.0. The molecule has 0 aromatic heterocycles. The maximum absolute atomic E-state index is 13.9. The highest BCUT2D eigenvalue weighted by atomic mass is 19.1. The summed E-state index contributed by atoms with van der Waals surface area (Å²) in [5.74, 6) is 0.415. The molecule has 3 aromatic carbocycles. The van der Waals surface area contributed by atoms with Crippen LogP contribution in [-0.2, 0) is 11.3 Å². The van der Waals surface area contributed by atoms with Crippen molar-refractivity contribution in [3.05, 3.63) is 94.8 Å². The predicted octanol–water partition coefficient (Wildman–Crippen LogP) is 4.43. The molecular weight excluding hydrogens is 447 g/mol. The predicted molar refractivity (Wildman–Crippen MR) is 129 cm³/mol. The van der Waals surface area contributed by atoms with E-state index in [-0.39, 0.29) is 36.3 Å².